The second kappa shape index (κ2) is 4.53. The summed E-state index contributed by atoms with van der Waals surface area (Å²) in [6.45, 7) is 1.48. The number of hydrogen-bond donors (Lipinski definition) is 1. The van der Waals surface area contributed by atoms with Crippen LogP contribution < -0.4 is 5.32 Å². The molecule has 0 aliphatic rings. The van der Waals surface area contributed by atoms with Gasteiger partial charge in [-0.3, -0.25) is 4.79 Å². The summed E-state index contributed by atoms with van der Waals surface area (Å²) in [6, 6.07) is 11.2. The number of carbonyl (C=O) groups is 1. The van der Waals surface area contributed by atoms with E-state index in [-0.39, 0.29) is 5.78 Å². The minimum atomic E-state index is -0.0708. The lowest BCUT2D eigenvalue weighted by Crippen LogP contribution is -2.02. The smallest absolute Gasteiger partial charge is 0.227 e. The highest BCUT2D eigenvalue weighted by Gasteiger charge is 2.03. The molecule has 0 amide bonds. The van der Waals surface area contributed by atoms with Crippen LogP contribution in [0.15, 0.2) is 42.6 Å². The van der Waals surface area contributed by atoms with Crippen molar-refractivity contribution in [2.24, 2.45) is 0 Å². The lowest BCUT2D eigenvalue weighted by molar-refractivity contribution is 0.101. The van der Waals surface area contributed by atoms with E-state index in [0.717, 1.165) is 5.69 Å². The molecule has 0 fully saturated rings. The number of aromatic nitrogens is 2. The van der Waals surface area contributed by atoms with Gasteiger partial charge in [-0.05, 0) is 18.2 Å². The van der Waals surface area contributed by atoms with E-state index in [9.17, 15) is 4.79 Å². The van der Waals surface area contributed by atoms with Crippen LogP contribution in [0.1, 0.15) is 17.4 Å². The maximum atomic E-state index is 11.1. The molecule has 4 heteroatoms. The minimum absolute atomic E-state index is 0.0708. The number of Topliss-reactive ketones (excluding diaryl/α,β-unsaturated/α-hetero) is 1. The van der Waals surface area contributed by atoms with Crippen molar-refractivity contribution in [3.63, 3.8) is 0 Å². The highest BCUT2D eigenvalue weighted by Crippen LogP contribution is 2.11. The number of anilines is 2. The Hall–Kier alpha value is -2.23. The molecular formula is C12H11N3O. The van der Waals surface area contributed by atoms with E-state index < -0.39 is 0 Å². The topological polar surface area (TPSA) is 54.9 Å². The van der Waals surface area contributed by atoms with E-state index in [1.54, 1.807) is 12.3 Å². The fraction of sp³-hybridized carbons (Fsp3) is 0.0833. The van der Waals surface area contributed by atoms with E-state index in [2.05, 4.69) is 15.3 Å². The molecule has 0 saturated heterocycles. The summed E-state index contributed by atoms with van der Waals surface area (Å²) in [6.07, 6.45) is 1.56. The molecule has 2 aromatic rings. The van der Waals surface area contributed by atoms with Crippen molar-refractivity contribution < 1.29 is 4.79 Å². The summed E-state index contributed by atoms with van der Waals surface area (Å²) in [7, 11) is 0. The fourth-order valence-corrected chi connectivity index (χ4v) is 1.27. The van der Waals surface area contributed by atoms with Gasteiger partial charge >= 0.3 is 0 Å². The van der Waals surface area contributed by atoms with Crippen molar-refractivity contribution in [1.82, 2.24) is 9.97 Å². The molecule has 0 saturated carbocycles. The van der Waals surface area contributed by atoms with Crippen molar-refractivity contribution in [2.75, 3.05) is 5.32 Å². The van der Waals surface area contributed by atoms with Crippen LogP contribution in [-0.4, -0.2) is 15.8 Å². The zero-order valence-electron chi connectivity index (χ0n) is 8.84. The fourth-order valence-electron chi connectivity index (χ4n) is 1.27. The number of nitrogens with one attached hydrogen (secondary N) is 1. The maximum Gasteiger partial charge on any atom is 0.227 e. The number of rotatable bonds is 3. The Morgan fingerprint density at radius 1 is 1.19 bits per heavy atom. The average Bonchev–Trinajstić information content (AvgIpc) is 2.30. The molecule has 0 aliphatic heterocycles. The molecule has 0 unspecified atom stereocenters. The number of hydrogen-bond acceptors (Lipinski definition) is 4. The molecule has 2 rings (SSSR count). The third kappa shape index (κ3) is 2.42. The second-order valence-corrected chi connectivity index (χ2v) is 3.31. The van der Waals surface area contributed by atoms with Gasteiger partial charge in [0.15, 0.2) is 5.78 Å². The van der Waals surface area contributed by atoms with Crippen LogP contribution in [0.4, 0.5) is 11.6 Å². The Bertz CT molecular complexity index is 497. The van der Waals surface area contributed by atoms with E-state index >= 15 is 0 Å². The van der Waals surface area contributed by atoms with E-state index in [4.69, 9.17) is 0 Å². The Kier molecular flexibility index (Phi) is 2.91. The lowest BCUT2D eigenvalue weighted by Gasteiger charge is -2.04. The molecule has 0 radical (unpaired) electrons. The molecule has 0 bridgehead atoms. The summed E-state index contributed by atoms with van der Waals surface area (Å²) in [5.41, 5.74) is 1.30. The normalized spacial score (nSPS) is 9.81. The molecule has 1 heterocycles. The van der Waals surface area contributed by atoms with Crippen molar-refractivity contribution >= 4 is 17.4 Å². The van der Waals surface area contributed by atoms with Gasteiger partial charge in [-0.2, -0.15) is 0 Å². The predicted octanol–water partition coefficient (Wildman–Crippen LogP) is 2.42. The molecule has 4 nitrogen and oxygen atoms in total. The van der Waals surface area contributed by atoms with Crippen molar-refractivity contribution in [3.05, 3.63) is 48.3 Å². The summed E-state index contributed by atoms with van der Waals surface area (Å²) in [5, 5.41) is 3.02. The molecule has 1 aromatic heterocycles. The predicted molar refractivity (Wildman–Crippen MR) is 61.8 cm³/mol. The largest absolute Gasteiger partial charge is 0.324 e. The maximum absolute atomic E-state index is 11.1. The first-order valence-corrected chi connectivity index (χ1v) is 4.92. The molecule has 0 atom stereocenters. The Labute approximate surface area is 93.4 Å². The average molecular weight is 213 g/mol. The zero-order valence-corrected chi connectivity index (χ0v) is 8.84. The van der Waals surface area contributed by atoms with Gasteiger partial charge < -0.3 is 5.32 Å². The van der Waals surface area contributed by atoms with Gasteiger partial charge in [0, 0.05) is 18.8 Å². The van der Waals surface area contributed by atoms with Crippen LogP contribution in [0, 0.1) is 0 Å². The third-order valence-electron chi connectivity index (χ3n) is 2.05. The summed E-state index contributed by atoms with van der Waals surface area (Å²) >= 11 is 0. The van der Waals surface area contributed by atoms with Crippen LogP contribution in [0.3, 0.4) is 0 Å². The lowest BCUT2D eigenvalue weighted by atomic mass is 10.3. The van der Waals surface area contributed by atoms with Gasteiger partial charge in [0.25, 0.3) is 0 Å². The number of ketones is 1. The summed E-state index contributed by atoms with van der Waals surface area (Å²) in [5.74, 6) is 0.359. The number of nitrogens with zero attached hydrogens (tertiary/aromatic N) is 2. The quantitative estimate of drug-likeness (QED) is 0.795. The second-order valence-electron chi connectivity index (χ2n) is 3.31. The van der Waals surface area contributed by atoms with Gasteiger partial charge in [0.2, 0.25) is 5.95 Å². The minimum Gasteiger partial charge on any atom is -0.324 e. The van der Waals surface area contributed by atoms with Crippen LogP contribution in [-0.2, 0) is 0 Å². The number of benzene rings is 1. The number of carbonyl (C=O) groups excluding carboxylic acids is 1. The number of para-hydroxylation sites is 1. The van der Waals surface area contributed by atoms with Crippen molar-refractivity contribution in [2.45, 2.75) is 6.92 Å². The van der Waals surface area contributed by atoms with E-state index in [0.29, 0.717) is 11.6 Å². The summed E-state index contributed by atoms with van der Waals surface area (Å²) < 4.78 is 0. The van der Waals surface area contributed by atoms with Crippen molar-refractivity contribution in [3.8, 4) is 0 Å². The first kappa shape index (κ1) is 10.3. The Morgan fingerprint density at radius 3 is 2.62 bits per heavy atom. The molecule has 16 heavy (non-hydrogen) atoms. The van der Waals surface area contributed by atoms with Crippen LogP contribution in [0.25, 0.3) is 0 Å². The first-order chi connectivity index (χ1) is 7.75. The molecule has 1 aromatic carbocycles. The van der Waals surface area contributed by atoms with Gasteiger partial charge in [-0.25, -0.2) is 9.97 Å². The highest BCUT2D eigenvalue weighted by molar-refractivity contribution is 5.92. The van der Waals surface area contributed by atoms with Gasteiger partial charge in [-0.1, -0.05) is 18.2 Å². The first-order valence-electron chi connectivity index (χ1n) is 4.92. The standard InChI is InChI=1S/C12H11N3O/c1-9(16)11-7-8-13-12(15-11)14-10-5-3-2-4-6-10/h2-8H,1H3,(H,13,14,15). The molecule has 80 valence electrons. The van der Waals surface area contributed by atoms with Gasteiger partial charge in [-0.15, -0.1) is 0 Å². The van der Waals surface area contributed by atoms with Crippen LogP contribution >= 0.6 is 0 Å². The summed E-state index contributed by atoms with van der Waals surface area (Å²) in [4.78, 5) is 19.3. The van der Waals surface area contributed by atoms with Crippen LogP contribution in [0.5, 0.6) is 0 Å². The zero-order chi connectivity index (χ0) is 11.4. The molecule has 1 N–H and O–H groups in total. The van der Waals surface area contributed by atoms with E-state index in [1.807, 2.05) is 30.3 Å². The molecule has 0 aliphatic carbocycles. The Morgan fingerprint density at radius 2 is 1.94 bits per heavy atom. The molecule has 0 spiro atoms. The van der Waals surface area contributed by atoms with Gasteiger partial charge in [0.05, 0.1) is 0 Å². The van der Waals surface area contributed by atoms with Crippen molar-refractivity contribution in [1.29, 1.82) is 0 Å². The molecular weight excluding hydrogens is 202 g/mol. The van der Waals surface area contributed by atoms with Gasteiger partial charge in [0.1, 0.15) is 5.69 Å². The monoisotopic (exact) mass is 213 g/mol. The Balaban J connectivity index is 2.22. The van der Waals surface area contributed by atoms with Crippen LogP contribution in [0.2, 0.25) is 0 Å². The van der Waals surface area contributed by atoms with E-state index in [1.165, 1.54) is 6.92 Å². The SMILES string of the molecule is CC(=O)c1ccnc(Nc2ccccc2)n1. The third-order valence-corrected chi connectivity index (χ3v) is 2.05. The highest BCUT2D eigenvalue weighted by atomic mass is 16.1.